The van der Waals surface area contributed by atoms with Crippen LogP contribution < -0.4 is 11.1 Å². The van der Waals surface area contributed by atoms with E-state index in [0.717, 1.165) is 18.8 Å². The topological polar surface area (TPSA) is 71.2 Å². The fourth-order valence-corrected chi connectivity index (χ4v) is 1.69. The van der Waals surface area contributed by atoms with E-state index in [1.165, 1.54) is 4.90 Å². The molecule has 1 aromatic rings. The molecular formula is C14H24N4O. The summed E-state index contributed by atoms with van der Waals surface area (Å²) in [4.78, 5) is 17.5. The maximum Gasteiger partial charge on any atom is 0.254 e. The quantitative estimate of drug-likeness (QED) is 0.818. The molecular weight excluding hydrogens is 240 g/mol. The summed E-state index contributed by atoms with van der Waals surface area (Å²) in [6, 6.07) is 3.61. The lowest BCUT2D eigenvalue weighted by atomic mass is 9.89. The normalized spacial score (nSPS) is 11.2. The second kappa shape index (κ2) is 6.52. The van der Waals surface area contributed by atoms with E-state index in [1.54, 1.807) is 26.4 Å². The third-order valence-electron chi connectivity index (χ3n) is 2.99. The zero-order chi connectivity index (χ0) is 14.5. The maximum absolute atomic E-state index is 11.7. The third-order valence-corrected chi connectivity index (χ3v) is 2.99. The van der Waals surface area contributed by atoms with Crippen molar-refractivity contribution in [3.8, 4) is 0 Å². The Bertz CT molecular complexity index is 412. The van der Waals surface area contributed by atoms with Gasteiger partial charge >= 0.3 is 0 Å². The largest absolute Gasteiger partial charge is 0.370 e. The molecule has 0 aromatic carbocycles. The minimum absolute atomic E-state index is 0.0393. The Morgan fingerprint density at radius 1 is 1.42 bits per heavy atom. The number of carbonyl (C=O) groups is 1. The minimum Gasteiger partial charge on any atom is -0.370 e. The molecule has 106 valence electrons. The lowest BCUT2D eigenvalue weighted by Crippen LogP contribution is -2.26. The van der Waals surface area contributed by atoms with E-state index in [9.17, 15) is 4.79 Å². The van der Waals surface area contributed by atoms with Crippen molar-refractivity contribution in [2.45, 2.75) is 20.3 Å². The van der Waals surface area contributed by atoms with Crippen LogP contribution in [0.25, 0.3) is 0 Å². The Labute approximate surface area is 115 Å². The van der Waals surface area contributed by atoms with Crippen LogP contribution in [0.2, 0.25) is 0 Å². The molecule has 1 rings (SSSR count). The van der Waals surface area contributed by atoms with Crippen LogP contribution in [0, 0.1) is 5.41 Å². The van der Waals surface area contributed by atoms with Gasteiger partial charge in [-0.25, -0.2) is 4.98 Å². The van der Waals surface area contributed by atoms with Crippen molar-refractivity contribution < 1.29 is 4.79 Å². The van der Waals surface area contributed by atoms with Gasteiger partial charge in [-0.3, -0.25) is 4.79 Å². The molecule has 5 nitrogen and oxygen atoms in total. The summed E-state index contributed by atoms with van der Waals surface area (Å²) in [7, 11) is 3.45. The SMILES string of the molecule is CN(C)C(=O)c1ccc(NCC(C)(C)CCN)nc1. The van der Waals surface area contributed by atoms with Gasteiger partial charge in [-0.05, 0) is 30.5 Å². The summed E-state index contributed by atoms with van der Waals surface area (Å²) in [6.45, 7) is 5.81. The number of amides is 1. The smallest absolute Gasteiger partial charge is 0.254 e. The maximum atomic E-state index is 11.7. The number of pyridine rings is 1. The fourth-order valence-electron chi connectivity index (χ4n) is 1.69. The molecule has 1 amide bonds. The summed E-state index contributed by atoms with van der Waals surface area (Å²) in [6.07, 6.45) is 2.55. The highest BCUT2D eigenvalue weighted by atomic mass is 16.2. The van der Waals surface area contributed by atoms with Crippen LogP contribution in [-0.4, -0.2) is 43.0 Å². The van der Waals surface area contributed by atoms with E-state index in [4.69, 9.17) is 5.73 Å². The van der Waals surface area contributed by atoms with Gasteiger partial charge < -0.3 is 16.0 Å². The Hall–Kier alpha value is -1.62. The Balaban J connectivity index is 2.60. The van der Waals surface area contributed by atoms with Crippen LogP contribution in [0.3, 0.4) is 0 Å². The highest BCUT2D eigenvalue weighted by Gasteiger charge is 2.16. The molecule has 3 N–H and O–H groups in total. The summed E-state index contributed by atoms with van der Waals surface area (Å²) in [5, 5.41) is 3.27. The van der Waals surface area contributed by atoms with Gasteiger partial charge in [0.15, 0.2) is 0 Å². The molecule has 0 spiro atoms. The number of anilines is 1. The predicted octanol–water partition coefficient (Wildman–Crippen LogP) is 1.57. The van der Waals surface area contributed by atoms with Gasteiger partial charge in [0.25, 0.3) is 5.91 Å². The van der Waals surface area contributed by atoms with E-state index in [2.05, 4.69) is 24.1 Å². The van der Waals surface area contributed by atoms with Crippen molar-refractivity contribution in [1.82, 2.24) is 9.88 Å². The summed E-state index contributed by atoms with van der Waals surface area (Å²) < 4.78 is 0. The molecule has 0 aliphatic rings. The van der Waals surface area contributed by atoms with Crippen LogP contribution in [0.5, 0.6) is 0 Å². The van der Waals surface area contributed by atoms with Crippen LogP contribution >= 0.6 is 0 Å². The average molecular weight is 264 g/mol. The second-order valence-electron chi connectivity index (χ2n) is 5.69. The molecule has 0 atom stereocenters. The second-order valence-corrected chi connectivity index (χ2v) is 5.69. The van der Waals surface area contributed by atoms with Gasteiger partial charge in [-0.1, -0.05) is 13.8 Å². The molecule has 0 saturated carbocycles. The van der Waals surface area contributed by atoms with E-state index in [1.807, 2.05) is 6.07 Å². The zero-order valence-corrected chi connectivity index (χ0v) is 12.2. The first-order chi connectivity index (χ1) is 8.85. The lowest BCUT2D eigenvalue weighted by Gasteiger charge is -2.24. The van der Waals surface area contributed by atoms with Gasteiger partial charge in [0, 0.05) is 26.8 Å². The van der Waals surface area contributed by atoms with Gasteiger partial charge in [-0.2, -0.15) is 0 Å². The van der Waals surface area contributed by atoms with E-state index >= 15 is 0 Å². The first-order valence-electron chi connectivity index (χ1n) is 6.47. The minimum atomic E-state index is -0.0393. The standard InChI is InChI=1S/C14H24N4O/c1-14(2,7-8-15)10-17-12-6-5-11(9-16-12)13(19)18(3)4/h5-6,9H,7-8,10,15H2,1-4H3,(H,16,17). The summed E-state index contributed by atoms with van der Waals surface area (Å²) in [5.74, 6) is 0.739. The number of nitrogens with two attached hydrogens (primary N) is 1. The van der Waals surface area contributed by atoms with Crippen molar-refractivity contribution in [3.05, 3.63) is 23.9 Å². The molecule has 0 aliphatic heterocycles. The fraction of sp³-hybridized carbons (Fsp3) is 0.571. The number of nitrogens with zero attached hydrogens (tertiary/aromatic N) is 2. The number of carbonyl (C=O) groups excluding carboxylic acids is 1. The average Bonchev–Trinajstić information content (AvgIpc) is 2.36. The molecule has 5 heteroatoms. The van der Waals surface area contributed by atoms with Crippen LogP contribution in [0.4, 0.5) is 5.82 Å². The highest BCUT2D eigenvalue weighted by Crippen LogP contribution is 2.19. The van der Waals surface area contributed by atoms with Crippen molar-refractivity contribution in [1.29, 1.82) is 0 Å². The van der Waals surface area contributed by atoms with Crippen molar-refractivity contribution in [3.63, 3.8) is 0 Å². The lowest BCUT2D eigenvalue weighted by molar-refractivity contribution is 0.0827. The Kier molecular flexibility index (Phi) is 5.30. The zero-order valence-electron chi connectivity index (χ0n) is 12.2. The highest BCUT2D eigenvalue weighted by molar-refractivity contribution is 5.93. The number of nitrogens with one attached hydrogen (secondary N) is 1. The predicted molar refractivity (Wildman–Crippen MR) is 78.2 cm³/mol. The van der Waals surface area contributed by atoms with Gasteiger partial charge in [-0.15, -0.1) is 0 Å². The molecule has 1 heterocycles. The van der Waals surface area contributed by atoms with Gasteiger partial charge in [0.2, 0.25) is 0 Å². The third kappa shape index (κ3) is 4.87. The molecule has 0 saturated heterocycles. The molecule has 19 heavy (non-hydrogen) atoms. The molecule has 0 bridgehead atoms. The molecule has 0 aliphatic carbocycles. The first kappa shape index (κ1) is 15.4. The van der Waals surface area contributed by atoms with E-state index < -0.39 is 0 Å². The van der Waals surface area contributed by atoms with Gasteiger partial charge in [0.05, 0.1) is 5.56 Å². The van der Waals surface area contributed by atoms with Crippen molar-refractivity contribution in [2.24, 2.45) is 11.1 Å². The molecule has 0 fully saturated rings. The Morgan fingerprint density at radius 3 is 2.58 bits per heavy atom. The number of hydrogen-bond acceptors (Lipinski definition) is 4. The van der Waals surface area contributed by atoms with E-state index in [0.29, 0.717) is 12.1 Å². The first-order valence-corrected chi connectivity index (χ1v) is 6.47. The van der Waals surface area contributed by atoms with Crippen LogP contribution in [0.15, 0.2) is 18.3 Å². The number of hydrogen-bond donors (Lipinski definition) is 2. The van der Waals surface area contributed by atoms with Crippen molar-refractivity contribution >= 4 is 11.7 Å². The Morgan fingerprint density at radius 2 is 2.11 bits per heavy atom. The summed E-state index contributed by atoms with van der Waals surface area (Å²) in [5.41, 5.74) is 6.31. The number of rotatable bonds is 6. The van der Waals surface area contributed by atoms with Gasteiger partial charge in [0.1, 0.15) is 5.82 Å². The summed E-state index contributed by atoms with van der Waals surface area (Å²) >= 11 is 0. The van der Waals surface area contributed by atoms with Crippen LogP contribution in [-0.2, 0) is 0 Å². The van der Waals surface area contributed by atoms with E-state index in [-0.39, 0.29) is 11.3 Å². The molecule has 0 unspecified atom stereocenters. The monoisotopic (exact) mass is 264 g/mol. The van der Waals surface area contributed by atoms with Crippen molar-refractivity contribution in [2.75, 3.05) is 32.5 Å². The van der Waals surface area contributed by atoms with Crippen LogP contribution in [0.1, 0.15) is 30.6 Å². The molecule has 1 aromatic heterocycles. The number of aromatic nitrogens is 1. The molecule has 0 radical (unpaired) electrons.